The molecule has 228 valence electrons. The molecule has 0 spiro atoms. The minimum absolute atomic E-state index is 0.331. The fraction of sp³-hybridized carbons (Fsp3) is 0.216. The van der Waals surface area contributed by atoms with Crippen molar-refractivity contribution in [2.75, 3.05) is 0 Å². The Balaban J connectivity index is 1.38. The van der Waals surface area contributed by atoms with Crippen molar-refractivity contribution in [3.8, 4) is 11.3 Å². The van der Waals surface area contributed by atoms with E-state index in [9.17, 15) is 9.50 Å². The van der Waals surface area contributed by atoms with Crippen LogP contribution in [0.25, 0.3) is 44.7 Å². The van der Waals surface area contributed by atoms with Crippen LogP contribution in [-0.2, 0) is 5.41 Å². The summed E-state index contributed by atoms with van der Waals surface area (Å²) in [4.78, 5) is 10.8. The number of hydrogen-bond acceptors (Lipinski definition) is 2. The standard InChI is InChI=1S/C37H31F4N3O/c1-21-18-42-19-33-27(21)17-32(44-33)28-14-22-8-4-6-10-25(22)34(28)36(45,37(39,40)41)20-35(2,3)29-16-24(38)12-13-26(29)31-15-23-9-5-7-11-30(23)43-31/h4-19,34,43-45H,20H2,1-3H3. The SMILES string of the molecule is Cc1cncc2[nH]c(C3=Cc4ccccc4C3C(O)(CC(C)(C)c3cc(F)ccc3-c3cc4ccccc4[nH]3)C(F)(F)F)cc12. The maximum Gasteiger partial charge on any atom is 0.418 e. The highest BCUT2D eigenvalue weighted by Gasteiger charge is 2.62. The summed E-state index contributed by atoms with van der Waals surface area (Å²) in [5.74, 6) is -2.01. The molecular formula is C37H31F4N3O. The third-order valence-electron chi connectivity index (χ3n) is 9.20. The zero-order valence-electron chi connectivity index (χ0n) is 24.9. The van der Waals surface area contributed by atoms with Gasteiger partial charge in [-0.1, -0.05) is 56.3 Å². The molecular weight excluding hydrogens is 578 g/mol. The zero-order valence-corrected chi connectivity index (χ0v) is 24.9. The van der Waals surface area contributed by atoms with Gasteiger partial charge < -0.3 is 15.1 Å². The van der Waals surface area contributed by atoms with Crippen molar-refractivity contribution in [2.24, 2.45) is 0 Å². The number of aryl methyl sites for hydroxylation is 1. The van der Waals surface area contributed by atoms with E-state index in [1.807, 2.05) is 43.3 Å². The number of aliphatic hydroxyl groups is 1. The van der Waals surface area contributed by atoms with Crippen molar-refractivity contribution in [2.45, 2.75) is 50.3 Å². The average Bonchev–Trinajstić information content (AvgIpc) is 3.71. The Morgan fingerprint density at radius 1 is 0.844 bits per heavy atom. The third kappa shape index (κ3) is 4.75. The van der Waals surface area contributed by atoms with Crippen LogP contribution in [0.15, 0.2) is 91.3 Å². The van der Waals surface area contributed by atoms with Gasteiger partial charge in [-0.15, -0.1) is 0 Å². The van der Waals surface area contributed by atoms with Gasteiger partial charge in [-0.2, -0.15) is 13.2 Å². The molecule has 0 bridgehead atoms. The topological polar surface area (TPSA) is 64.7 Å². The minimum Gasteiger partial charge on any atom is -0.380 e. The summed E-state index contributed by atoms with van der Waals surface area (Å²) in [7, 11) is 0. The van der Waals surface area contributed by atoms with Crippen molar-refractivity contribution in [3.63, 3.8) is 0 Å². The maximum atomic E-state index is 15.5. The normalized spacial score (nSPS) is 16.6. The van der Waals surface area contributed by atoms with Gasteiger partial charge in [-0.25, -0.2) is 4.39 Å². The molecule has 3 N–H and O–H groups in total. The lowest BCUT2D eigenvalue weighted by Gasteiger charge is -2.43. The molecule has 8 heteroatoms. The van der Waals surface area contributed by atoms with E-state index in [0.29, 0.717) is 44.7 Å². The second kappa shape index (κ2) is 10.2. The van der Waals surface area contributed by atoms with Crippen molar-refractivity contribution >= 4 is 33.5 Å². The van der Waals surface area contributed by atoms with E-state index in [-0.39, 0.29) is 0 Å². The van der Waals surface area contributed by atoms with Crippen LogP contribution in [0.5, 0.6) is 0 Å². The van der Waals surface area contributed by atoms with Gasteiger partial charge in [0.2, 0.25) is 0 Å². The van der Waals surface area contributed by atoms with Crippen LogP contribution >= 0.6 is 0 Å². The number of aromatic nitrogens is 3. The molecule has 7 rings (SSSR count). The Labute approximate surface area is 257 Å². The molecule has 3 aromatic heterocycles. The average molecular weight is 610 g/mol. The molecule has 2 atom stereocenters. The van der Waals surface area contributed by atoms with Crippen molar-refractivity contribution in [1.29, 1.82) is 0 Å². The van der Waals surface area contributed by atoms with E-state index < -0.39 is 35.3 Å². The van der Waals surface area contributed by atoms with E-state index in [1.54, 1.807) is 62.6 Å². The molecule has 0 saturated heterocycles. The summed E-state index contributed by atoms with van der Waals surface area (Å²) in [5, 5.41) is 14.0. The molecule has 0 saturated carbocycles. The van der Waals surface area contributed by atoms with Crippen LogP contribution in [0, 0.1) is 12.7 Å². The number of hydrogen-bond donors (Lipinski definition) is 3. The zero-order chi connectivity index (χ0) is 31.7. The summed E-state index contributed by atoms with van der Waals surface area (Å²) in [5.41, 5.74) is 1.27. The summed E-state index contributed by atoms with van der Waals surface area (Å²) in [6.07, 6.45) is -0.707. The number of nitrogens with zero attached hydrogens (tertiary/aromatic N) is 1. The lowest BCUT2D eigenvalue weighted by atomic mass is 9.66. The first-order valence-electron chi connectivity index (χ1n) is 14.8. The number of halogens is 4. The fourth-order valence-corrected chi connectivity index (χ4v) is 7.08. The second-order valence-electron chi connectivity index (χ2n) is 12.7. The Kier molecular flexibility index (Phi) is 6.57. The lowest BCUT2D eigenvalue weighted by molar-refractivity contribution is -0.270. The van der Waals surface area contributed by atoms with Crippen molar-refractivity contribution < 1.29 is 22.7 Å². The fourth-order valence-electron chi connectivity index (χ4n) is 7.08. The molecule has 0 fully saturated rings. The number of benzene rings is 3. The van der Waals surface area contributed by atoms with E-state index in [2.05, 4.69) is 15.0 Å². The van der Waals surface area contributed by atoms with Gasteiger partial charge >= 0.3 is 6.18 Å². The van der Waals surface area contributed by atoms with Gasteiger partial charge in [0.05, 0.1) is 11.7 Å². The highest BCUT2D eigenvalue weighted by Crippen LogP contribution is 2.57. The molecule has 1 aliphatic carbocycles. The first-order chi connectivity index (χ1) is 21.4. The van der Waals surface area contributed by atoms with Gasteiger partial charge in [0.1, 0.15) is 5.82 Å². The van der Waals surface area contributed by atoms with E-state index in [4.69, 9.17) is 0 Å². The summed E-state index contributed by atoms with van der Waals surface area (Å²) in [6.45, 7) is 5.15. The number of nitrogens with one attached hydrogen (secondary N) is 2. The highest BCUT2D eigenvalue weighted by atomic mass is 19.4. The van der Waals surface area contributed by atoms with Gasteiger partial charge in [0.15, 0.2) is 5.60 Å². The van der Waals surface area contributed by atoms with Crippen LogP contribution < -0.4 is 0 Å². The van der Waals surface area contributed by atoms with Crippen LogP contribution in [0.4, 0.5) is 17.6 Å². The monoisotopic (exact) mass is 609 g/mol. The molecule has 6 aromatic rings. The number of para-hydroxylation sites is 1. The summed E-state index contributed by atoms with van der Waals surface area (Å²) in [6, 6.07) is 22.4. The Morgan fingerprint density at radius 2 is 1.58 bits per heavy atom. The van der Waals surface area contributed by atoms with Gasteiger partial charge in [-0.3, -0.25) is 4.98 Å². The molecule has 1 aliphatic rings. The lowest BCUT2D eigenvalue weighted by Crippen LogP contribution is -2.53. The molecule has 0 amide bonds. The Hall–Kier alpha value is -4.69. The molecule has 3 aromatic carbocycles. The van der Waals surface area contributed by atoms with E-state index >= 15 is 13.2 Å². The van der Waals surface area contributed by atoms with Crippen molar-refractivity contribution in [3.05, 3.63) is 125 Å². The first-order valence-corrected chi connectivity index (χ1v) is 14.8. The van der Waals surface area contributed by atoms with E-state index in [1.165, 1.54) is 12.1 Å². The van der Waals surface area contributed by atoms with Gasteiger partial charge in [-0.05, 0) is 89.1 Å². The summed E-state index contributed by atoms with van der Waals surface area (Å²) >= 11 is 0. The minimum atomic E-state index is -5.04. The second-order valence-corrected chi connectivity index (χ2v) is 12.7. The molecule has 0 radical (unpaired) electrons. The summed E-state index contributed by atoms with van der Waals surface area (Å²) < 4.78 is 61.4. The quantitative estimate of drug-likeness (QED) is 0.165. The van der Waals surface area contributed by atoms with Crippen LogP contribution in [0.3, 0.4) is 0 Å². The predicted octanol–water partition coefficient (Wildman–Crippen LogP) is 9.46. The first kappa shape index (κ1) is 29.0. The number of pyridine rings is 1. The van der Waals surface area contributed by atoms with E-state index in [0.717, 1.165) is 21.9 Å². The number of rotatable bonds is 6. The third-order valence-corrected chi connectivity index (χ3v) is 9.20. The van der Waals surface area contributed by atoms with Gasteiger partial charge in [0, 0.05) is 45.4 Å². The smallest absolute Gasteiger partial charge is 0.380 e. The molecule has 45 heavy (non-hydrogen) atoms. The van der Waals surface area contributed by atoms with Crippen LogP contribution in [0.2, 0.25) is 0 Å². The number of aromatic amines is 2. The van der Waals surface area contributed by atoms with Crippen LogP contribution in [-0.4, -0.2) is 31.8 Å². The van der Waals surface area contributed by atoms with Crippen LogP contribution in [0.1, 0.15) is 54.1 Å². The predicted molar refractivity (Wildman–Crippen MR) is 170 cm³/mol. The number of H-pyrrole nitrogens is 2. The maximum absolute atomic E-state index is 15.5. The van der Waals surface area contributed by atoms with Gasteiger partial charge in [0.25, 0.3) is 0 Å². The molecule has 0 aliphatic heterocycles. The van der Waals surface area contributed by atoms with Crippen molar-refractivity contribution in [1.82, 2.24) is 15.0 Å². The highest BCUT2D eigenvalue weighted by molar-refractivity contribution is 5.96. The molecule has 4 nitrogen and oxygen atoms in total. The number of fused-ring (bicyclic) bond motifs is 3. The molecule has 3 heterocycles. The largest absolute Gasteiger partial charge is 0.418 e. The Morgan fingerprint density at radius 3 is 2.33 bits per heavy atom. The number of alkyl halides is 3. The Bertz CT molecular complexity index is 2090. The molecule has 2 unspecified atom stereocenters.